The van der Waals surface area contributed by atoms with Gasteiger partial charge in [0.05, 0.1) is 0 Å². The number of nitrogens with zero attached hydrogens (tertiary/aromatic N) is 1. The molecule has 25 heavy (non-hydrogen) atoms. The summed E-state index contributed by atoms with van der Waals surface area (Å²) in [5, 5.41) is 2.87. The Balaban J connectivity index is 2.20. The lowest BCUT2D eigenvalue weighted by Gasteiger charge is -2.40. The highest BCUT2D eigenvalue weighted by Gasteiger charge is 2.43. The molecule has 3 rings (SSSR count). The Labute approximate surface area is 153 Å². The Bertz CT molecular complexity index is 838. The Morgan fingerprint density at radius 3 is 2.20 bits per heavy atom. The summed E-state index contributed by atoms with van der Waals surface area (Å²) in [7, 11) is -1.32. The highest BCUT2D eigenvalue weighted by atomic mass is 32.2. The number of aliphatic imine (C=N–C) groups is 1. The average molecular weight is 358 g/mol. The van der Waals surface area contributed by atoms with Gasteiger partial charge in [-0.25, -0.2) is 9.20 Å². The predicted octanol–water partition coefficient (Wildman–Crippen LogP) is 5.11. The van der Waals surface area contributed by atoms with Crippen LogP contribution in [0.25, 0.3) is 10.8 Å². The van der Waals surface area contributed by atoms with Crippen LogP contribution in [-0.4, -0.2) is 20.9 Å². The fourth-order valence-corrected chi connectivity index (χ4v) is 4.62. The molecule has 0 saturated carbocycles. The van der Waals surface area contributed by atoms with E-state index in [2.05, 4.69) is 59.7 Å². The topological polar surface area (TPSA) is 38.7 Å². The van der Waals surface area contributed by atoms with Gasteiger partial charge in [0.1, 0.15) is 21.3 Å². The molecule has 3 nitrogen and oxygen atoms in total. The SMILES string of the molecule is CC(C)(C)C1N=C(c2cccc3ccccc23)S(=O)C(C(C)(C)C)O1. The number of fused-ring (bicyclic) bond motifs is 1. The minimum atomic E-state index is -1.32. The van der Waals surface area contributed by atoms with Crippen molar-refractivity contribution in [3.63, 3.8) is 0 Å². The first kappa shape index (κ1) is 18.3. The lowest BCUT2D eigenvalue weighted by molar-refractivity contribution is -0.0640. The summed E-state index contributed by atoms with van der Waals surface area (Å²) in [5.74, 6) is 0. The van der Waals surface area contributed by atoms with Crippen LogP contribution in [0.2, 0.25) is 0 Å². The highest BCUT2D eigenvalue weighted by molar-refractivity contribution is 8.01. The first-order chi connectivity index (χ1) is 11.6. The van der Waals surface area contributed by atoms with Gasteiger partial charge < -0.3 is 4.74 Å². The van der Waals surface area contributed by atoms with Crippen molar-refractivity contribution in [3.8, 4) is 0 Å². The molecular weight excluding hydrogens is 330 g/mol. The van der Waals surface area contributed by atoms with Gasteiger partial charge in [-0.3, -0.25) is 0 Å². The molecule has 0 saturated heterocycles. The number of benzene rings is 2. The predicted molar refractivity (Wildman–Crippen MR) is 106 cm³/mol. The van der Waals surface area contributed by atoms with Gasteiger partial charge in [-0.1, -0.05) is 84.0 Å². The third-order valence-electron chi connectivity index (χ3n) is 4.34. The van der Waals surface area contributed by atoms with E-state index in [4.69, 9.17) is 9.73 Å². The average Bonchev–Trinajstić information content (AvgIpc) is 2.52. The lowest BCUT2D eigenvalue weighted by Crippen LogP contribution is -2.46. The van der Waals surface area contributed by atoms with Crippen LogP contribution in [0.4, 0.5) is 0 Å². The zero-order valence-corrected chi connectivity index (χ0v) is 16.7. The van der Waals surface area contributed by atoms with Crippen LogP contribution in [0, 0.1) is 10.8 Å². The standard InChI is InChI=1S/C21H27NO2S/c1-20(2,3)18-22-17(25(23)19(24-18)21(4,5)6)16-13-9-11-14-10-7-8-12-15(14)16/h7-13,18-19H,1-6H3. The molecule has 3 atom stereocenters. The lowest BCUT2D eigenvalue weighted by atomic mass is 9.93. The largest absolute Gasteiger partial charge is 0.338 e. The second-order valence-electron chi connectivity index (χ2n) is 8.81. The third-order valence-corrected chi connectivity index (χ3v) is 6.25. The Hall–Kier alpha value is -1.52. The molecule has 0 radical (unpaired) electrons. The van der Waals surface area contributed by atoms with Crippen LogP contribution in [0.5, 0.6) is 0 Å². The van der Waals surface area contributed by atoms with Gasteiger partial charge in [0.2, 0.25) is 0 Å². The third kappa shape index (κ3) is 3.56. The van der Waals surface area contributed by atoms with Crippen molar-refractivity contribution in [1.29, 1.82) is 0 Å². The fourth-order valence-electron chi connectivity index (χ4n) is 2.97. The molecule has 0 aliphatic carbocycles. The van der Waals surface area contributed by atoms with Crippen LogP contribution in [-0.2, 0) is 15.5 Å². The van der Waals surface area contributed by atoms with Gasteiger partial charge in [0, 0.05) is 16.4 Å². The molecule has 3 unspecified atom stereocenters. The molecule has 0 bridgehead atoms. The summed E-state index contributed by atoms with van der Waals surface area (Å²) in [6, 6.07) is 14.3. The summed E-state index contributed by atoms with van der Waals surface area (Å²) in [4.78, 5) is 4.81. The molecule has 1 aliphatic heterocycles. The van der Waals surface area contributed by atoms with Gasteiger partial charge in [0.15, 0.2) is 6.23 Å². The van der Waals surface area contributed by atoms with Crippen molar-refractivity contribution in [1.82, 2.24) is 0 Å². The summed E-state index contributed by atoms with van der Waals surface area (Å²) in [6.07, 6.45) is -0.316. The molecule has 1 heterocycles. The summed E-state index contributed by atoms with van der Waals surface area (Å²) in [5.41, 5.74) is 0.163. The highest BCUT2D eigenvalue weighted by Crippen LogP contribution is 2.37. The molecule has 0 spiro atoms. The van der Waals surface area contributed by atoms with E-state index < -0.39 is 10.8 Å². The van der Waals surface area contributed by atoms with Gasteiger partial charge in [0.25, 0.3) is 0 Å². The van der Waals surface area contributed by atoms with Crippen molar-refractivity contribution in [2.24, 2.45) is 15.8 Å². The van der Waals surface area contributed by atoms with E-state index in [9.17, 15) is 4.21 Å². The minimum Gasteiger partial charge on any atom is -0.338 e. The Morgan fingerprint density at radius 1 is 0.920 bits per heavy atom. The molecule has 0 amide bonds. The van der Waals surface area contributed by atoms with Crippen LogP contribution in [0.15, 0.2) is 47.5 Å². The second-order valence-corrected chi connectivity index (χ2v) is 10.2. The fraction of sp³-hybridized carbons (Fsp3) is 0.476. The summed E-state index contributed by atoms with van der Waals surface area (Å²) in [6.45, 7) is 12.5. The van der Waals surface area contributed by atoms with Crippen LogP contribution < -0.4 is 0 Å². The Kier molecular flexibility index (Phi) is 4.63. The first-order valence-corrected chi connectivity index (χ1v) is 9.92. The summed E-state index contributed by atoms with van der Waals surface area (Å²) >= 11 is 0. The number of hydrogen-bond donors (Lipinski definition) is 0. The number of ether oxygens (including phenoxy) is 1. The van der Waals surface area contributed by atoms with Gasteiger partial charge >= 0.3 is 0 Å². The normalized spacial score (nSPS) is 25.0. The van der Waals surface area contributed by atoms with E-state index in [0.29, 0.717) is 5.04 Å². The van der Waals surface area contributed by atoms with Crippen molar-refractivity contribution in [3.05, 3.63) is 48.0 Å². The van der Waals surface area contributed by atoms with E-state index in [1.807, 2.05) is 24.3 Å². The molecule has 0 fully saturated rings. The molecule has 0 N–H and O–H groups in total. The minimum absolute atomic E-state index is 0.163. The monoisotopic (exact) mass is 357 g/mol. The quantitative estimate of drug-likeness (QED) is 0.711. The zero-order chi connectivity index (χ0) is 18.4. The van der Waals surface area contributed by atoms with E-state index >= 15 is 0 Å². The zero-order valence-electron chi connectivity index (χ0n) is 15.9. The Morgan fingerprint density at radius 2 is 1.56 bits per heavy atom. The van der Waals surface area contributed by atoms with Crippen LogP contribution in [0.3, 0.4) is 0 Å². The van der Waals surface area contributed by atoms with Crippen molar-refractivity contribution >= 4 is 26.6 Å². The van der Waals surface area contributed by atoms with Gasteiger partial charge in [-0.05, 0) is 10.8 Å². The molecule has 1 aliphatic rings. The maximum absolute atomic E-state index is 13.3. The van der Waals surface area contributed by atoms with Crippen molar-refractivity contribution < 1.29 is 8.95 Å². The number of rotatable bonds is 1. The van der Waals surface area contributed by atoms with E-state index in [0.717, 1.165) is 16.3 Å². The first-order valence-electron chi connectivity index (χ1n) is 8.71. The molecule has 2 aromatic carbocycles. The van der Waals surface area contributed by atoms with Gasteiger partial charge in [-0.2, -0.15) is 0 Å². The van der Waals surface area contributed by atoms with Crippen molar-refractivity contribution in [2.45, 2.75) is 53.2 Å². The van der Waals surface area contributed by atoms with Crippen LogP contribution in [0.1, 0.15) is 47.1 Å². The molecule has 134 valence electrons. The number of hydrogen-bond acceptors (Lipinski definition) is 3. The molecule has 0 aromatic heterocycles. The van der Waals surface area contributed by atoms with Gasteiger partial charge in [-0.15, -0.1) is 0 Å². The molecule has 2 aromatic rings. The smallest absolute Gasteiger partial charge is 0.156 e. The molecular formula is C21H27NO2S. The van der Waals surface area contributed by atoms with Crippen molar-refractivity contribution in [2.75, 3.05) is 0 Å². The van der Waals surface area contributed by atoms with E-state index in [1.165, 1.54) is 0 Å². The second kappa shape index (κ2) is 6.33. The summed E-state index contributed by atoms with van der Waals surface area (Å²) < 4.78 is 19.5. The van der Waals surface area contributed by atoms with E-state index in [1.54, 1.807) is 0 Å². The van der Waals surface area contributed by atoms with E-state index in [-0.39, 0.29) is 22.5 Å². The molecule has 4 heteroatoms. The maximum atomic E-state index is 13.3. The maximum Gasteiger partial charge on any atom is 0.156 e. The van der Waals surface area contributed by atoms with Crippen LogP contribution >= 0.6 is 0 Å².